The fraction of sp³-hybridized carbons (Fsp3) is 0.281. The van der Waals surface area contributed by atoms with E-state index < -0.39 is 0 Å². The van der Waals surface area contributed by atoms with Gasteiger partial charge in [-0.05, 0) is 133 Å². The molecule has 25 nitrogen and oxygen atoms in total. The zero-order valence-electron chi connectivity index (χ0n) is 68.5. The van der Waals surface area contributed by atoms with Crippen LogP contribution >= 0.6 is 151 Å². The molecule has 656 valence electrons. The van der Waals surface area contributed by atoms with E-state index in [-0.39, 0.29) is 23.8 Å². The molecule has 6 aliphatic heterocycles. The van der Waals surface area contributed by atoms with Gasteiger partial charge in [0.05, 0.1) is 146 Å². The van der Waals surface area contributed by atoms with Crippen LogP contribution < -0.4 is 62.8 Å². The molecule has 0 atom stereocenters. The minimum absolute atomic E-state index is 0.182. The fourth-order valence-electron chi connectivity index (χ4n) is 16.7. The van der Waals surface area contributed by atoms with Crippen molar-refractivity contribution in [2.75, 3.05) is 80.7 Å². The Morgan fingerprint density at radius 3 is 1.01 bits per heavy atom. The van der Waals surface area contributed by atoms with Crippen molar-refractivity contribution in [1.82, 2.24) is 59.8 Å². The minimum atomic E-state index is 0.182. The number of halogens is 12. The summed E-state index contributed by atoms with van der Waals surface area (Å²) in [6.07, 6.45) is 12.5. The number of nitrogens with two attached hydrogens (primary N) is 6. The molecule has 8 aliphatic rings. The average molecular weight is 1970 g/mol. The molecule has 0 amide bonds. The second kappa shape index (κ2) is 38.6. The Hall–Kier alpha value is -9.62. The van der Waals surface area contributed by atoms with Crippen LogP contribution in [-0.4, -0.2) is 106 Å². The molecular formula is C89H78Cl12N18O7S. The van der Waals surface area contributed by atoms with Crippen LogP contribution in [0.25, 0.3) is 83.5 Å². The summed E-state index contributed by atoms with van der Waals surface area (Å²) in [7, 11) is 0. The number of anilines is 6. The third-order valence-electron chi connectivity index (χ3n) is 21.8. The molecule has 0 saturated heterocycles. The van der Waals surface area contributed by atoms with Crippen LogP contribution in [0, 0.1) is 13.8 Å². The lowest BCUT2D eigenvalue weighted by molar-refractivity contribution is 0.300. The van der Waals surface area contributed by atoms with Crippen LogP contribution in [-0.2, 0) is 75.4 Å². The summed E-state index contributed by atoms with van der Waals surface area (Å²) >= 11 is 77.1. The summed E-state index contributed by atoms with van der Waals surface area (Å²) in [5, 5.41) is 7.39. The maximum Gasteiger partial charge on any atom is 0.221 e. The number of aromatic nitrogens is 12. The van der Waals surface area contributed by atoms with Gasteiger partial charge in [-0.25, -0.2) is 59.8 Å². The Morgan fingerprint density at radius 2 is 0.638 bits per heavy atom. The van der Waals surface area contributed by atoms with Gasteiger partial charge in [0, 0.05) is 150 Å². The first-order valence-electron chi connectivity index (χ1n) is 40.4. The molecule has 0 unspecified atom stereocenters. The summed E-state index contributed by atoms with van der Waals surface area (Å²) < 4.78 is 39.1. The predicted molar refractivity (Wildman–Crippen MR) is 510 cm³/mol. The molecule has 0 spiro atoms. The number of nitrogens with zero attached hydrogens (tertiary/aromatic N) is 12. The van der Waals surface area contributed by atoms with E-state index in [4.69, 9.17) is 207 Å². The fourth-order valence-corrected chi connectivity index (χ4v) is 21.5. The number of thiophene rings is 1. The molecule has 38 heteroatoms. The number of hydrogen-bond acceptors (Lipinski definition) is 26. The van der Waals surface area contributed by atoms with Crippen molar-refractivity contribution in [2.24, 2.45) is 0 Å². The standard InChI is InChI=1S/C18H15Cl2N3O2S.C16H15Cl2N3O.C15H13Cl2N3O.C14H13Cl2N3O.2C13H11Cl2N3O/c1-3-24-8(2)13-6-10-15(22-18(21)23-17(10)26-13)14-9-4-5-25-16(9)12(20)7-11(14)19;17-10-7-11(18)15-9(5-6-22-15)13(10)14-8-3-1-2-4-12(8)20-16(19)21-14;16-9-6-10(17)14-8(4-5-21-14)12(9)13-7-2-1-3-11(7)19-15(18)20-13;1-2-7-5-11(19-14(17)18-7)12-8-3-4-20-13(8)10(16)6-9(12)15;2*1-6-4-10(18-13(16)17-6)11-7-2-3-19-12(7)9(15)5-8(11)14/h6-7H,2-5H2,1H3,(H2,21,22,23);7H,1-6H2,(H2,19,20,21);6H,1-5H2,(H2,18,19,20);5-6H,2-4H2,1H3,(H2,17,18,19);2*4-5H,2-3H2,1H3,(H2,16,17,18). The minimum Gasteiger partial charge on any atom is -0.493 e. The van der Waals surface area contributed by atoms with E-state index in [0.717, 1.165) is 228 Å². The lowest BCUT2D eigenvalue weighted by Crippen LogP contribution is -2.12. The Morgan fingerprint density at radius 1 is 0.331 bits per heavy atom. The first-order valence-corrected chi connectivity index (χ1v) is 45.8. The zero-order chi connectivity index (χ0) is 89.7. The van der Waals surface area contributed by atoms with Gasteiger partial charge >= 0.3 is 0 Å². The van der Waals surface area contributed by atoms with Crippen molar-refractivity contribution in [3.63, 3.8) is 0 Å². The first-order chi connectivity index (χ1) is 61.0. The highest BCUT2D eigenvalue weighted by Crippen LogP contribution is 2.53. The molecule has 0 bridgehead atoms. The average Bonchev–Trinajstić information content (AvgIpc) is 1.69. The molecule has 21 rings (SSSR count). The van der Waals surface area contributed by atoms with Gasteiger partial charge in [-0.2, -0.15) is 0 Å². The van der Waals surface area contributed by atoms with Gasteiger partial charge in [-0.15, -0.1) is 11.3 Å². The highest BCUT2D eigenvalue weighted by atomic mass is 35.5. The quantitative estimate of drug-likeness (QED) is 0.0693. The summed E-state index contributed by atoms with van der Waals surface area (Å²) in [6.45, 7) is 15.8. The highest BCUT2D eigenvalue weighted by Gasteiger charge is 2.34. The molecule has 13 aromatic rings. The Balaban J connectivity index is 0.000000112. The summed E-state index contributed by atoms with van der Waals surface area (Å²) in [6, 6.07) is 17.7. The Labute approximate surface area is 794 Å². The number of nitrogen functional groups attached to an aromatic ring is 6. The predicted octanol–water partition coefficient (Wildman–Crippen LogP) is 22.6. The summed E-state index contributed by atoms with van der Waals surface area (Å²) in [5.74, 6) is 6.26. The van der Waals surface area contributed by atoms with Crippen LogP contribution in [0.3, 0.4) is 0 Å². The third-order valence-corrected chi connectivity index (χ3v) is 26.4. The maximum atomic E-state index is 6.54. The van der Waals surface area contributed by atoms with Crippen molar-refractivity contribution in [1.29, 1.82) is 0 Å². The van der Waals surface area contributed by atoms with Crippen LogP contribution in [0.1, 0.15) is 111 Å². The molecule has 12 N–H and O–H groups in total. The molecule has 13 heterocycles. The van der Waals surface area contributed by atoms with Gasteiger partial charge in [-0.3, -0.25) is 0 Å². The van der Waals surface area contributed by atoms with Crippen LogP contribution in [0.4, 0.5) is 35.7 Å². The van der Waals surface area contributed by atoms with E-state index in [1.807, 2.05) is 52.0 Å². The molecule has 0 saturated carbocycles. The van der Waals surface area contributed by atoms with Gasteiger partial charge in [0.15, 0.2) is 0 Å². The van der Waals surface area contributed by atoms with Gasteiger partial charge in [0.2, 0.25) is 35.7 Å². The number of ether oxygens (including phenoxy) is 7. The van der Waals surface area contributed by atoms with E-state index in [1.54, 1.807) is 36.4 Å². The molecule has 7 aromatic heterocycles. The van der Waals surface area contributed by atoms with Gasteiger partial charge < -0.3 is 67.6 Å². The van der Waals surface area contributed by atoms with Crippen molar-refractivity contribution in [3.8, 4) is 102 Å². The second-order valence-electron chi connectivity index (χ2n) is 30.1. The SMILES string of the molecule is C=C(OCC)c1cc2c(-c3c(Cl)cc(Cl)c4c3CCO4)nc(N)nc2s1.CCc1cc(-c2c(Cl)cc(Cl)c3c2CCO3)nc(N)n1.Cc1cc(-c2c(Cl)cc(Cl)c3c2CCO3)nc(N)n1.Cc1cc(-c2c(Cl)cc(Cl)c3c2CCO3)nc(N)n1.Nc1nc2c(c(-c3c(Cl)cc(Cl)c4c3CCO4)n1)CCC2.Nc1nc2c(c(-c3c(Cl)cc(Cl)c4c3CCO4)n1)CCCC2. The van der Waals surface area contributed by atoms with E-state index >= 15 is 0 Å². The normalized spacial score (nSPS) is 14.0. The lowest BCUT2D eigenvalue weighted by Gasteiger charge is -2.20. The topological polar surface area (TPSA) is 375 Å². The van der Waals surface area contributed by atoms with Crippen molar-refractivity contribution in [2.45, 2.75) is 118 Å². The largest absolute Gasteiger partial charge is 0.493 e. The van der Waals surface area contributed by atoms with Crippen molar-refractivity contribution < 1.29 is 33.2 Å². The van der Waals surface area contributed by atoms with Crippen molar-refractivity contribution >= 4 is 202 Å². The van der Waals surface area contributed by atoms with E-state index in [0.29, 0.717) is 171 Å². The highest BCUT2D eigenvalue weighted by molar-refractivity contribution is 7.19. The maximum absolute atomic E-state index is 6.54. The van der Waals surface area contributed by atoms with E-state index in [2.05, 4.69) is 66.4 Å². The third kappa shape index (κ3) is 18.8. The molecule has 0 fully saturated rings. The molecule has 0 radical (unpaired) electrons. The zero-order valence-corrected chi connectivity index (χ0v) is 78.3. The first kappa shape index (κ1) is 90.7. The van der Waals surface area contributed by atoms with E-state index in [9.17, 15) is 0 Å². The molecular weight excluding hydrogens is 1890 g/mol. The van der Waals surface area contributed by atoms with Crippen LogP contribution in [0.15, 0.2) is 67.2 Å². The smallest absolute Gasteiger partial charge is 0.221 e. The van der Waals surface area contributed by atoms with E-state index in [1.165, 1.54) is 16.9 Å². The van der Waals surface area contributed by atoms with Gasteiger partial charge in [0.25, 0.3) is 0 Å². The van der Waals surface area contributed by atoms with Crippen molar-refractivity contribution in [3.05, 3.63) is 205 Å². The molecule has 6 aromatic carbocycles. The molecule has 127 heavy (non-hydrogen) atoms. The summed E-state index contributed by atoms with van der Waals surface area (Å²) in [5.41, 5.74) is 57.3. The Bertz CT molecular complexity index is 6480. The number of benzene rings is 6. The van der Waals surface area contributed by atoms with Gasteiger partial charge in [-0.1, -0.05) is 153 Å². The second-order valence-corrected chi connectivity index (χ2v) is 36.0. The monoisotopic (exact) mass is 1960 g/mol. The van der Waals surface area contributed by atoms with Gasteiger partial charge in [0.1, 0.15) is 45.1 Å². The Kier molecular flexibility index (Phi) is 27.6. The van der Waals surface area contributed by atoms with Crippen LogP contribution in [0.2, 0.25) is 60.3 Å². The summed E-state index contributed by atoms with van der Waals surface area (Å²) in [4.78, 5) is 53.3. The number of aryl methyl sites for hydroxylation is 5. The van der Waals surface area contributed by atoms with Crippen LogP contribution in [0.5, 0.6) is 34.5 Å². The number of fused-ring (bicyclic) bond motifs is 9. The number of hydrogen-bond donors (Lipinski definition) is 6. The lowest BCUT2D eigenvalue weighted by atomic mass is 9.90. The molecule has 2 aliphatic carbocycles. The number of rotatable bonds is 10.